The number of benzene rings is 1. The summed E-state index contributed by atoms with van der Waals surface area (Å²) in [5, 5.41) is 9.61. The number of amides is 1. The van der Waals surface area contributed by atoms with Crippen molar-refractivity contribution in [3.05, 3.63) is 34.4 Å². The Labute approximate surface area is 168 Å². The van der Waals surface area contributed by atoms with Gasteiger partial charge in [0, 0.05) is 30.9 Å². The van der Waals surface area contributed by atoms with Crippen LogP contribution in [0.5, 0.6) is 0 Å². The standard InChI is InChI=1S/C23H31N3O2/c1-6-26-21-11-16(2)18(13-20(21)17(3)14-23(26,4)5)12-19(15-24)22(27)25-7-9-28-10-8-25/h11-13,17H,6-10,14H2,1-5H3/b19-12-. The van der Waals surface area contributed by atoms with E-state index >= 15 is 0 Å². The molecule has 1 fully saturated rings. The monoisotopic (exact) mass is 381 g/mol. The highest BCUT2D eigenvalue weighted by molar-refractivity contribution is 6.02. The van der Waals surface area contributed by atoms with Crippen LogP contribution in [0.15, 0.2) is 17.7 Å². The number of aryl methyl sites for hydroxylation is 1. The number of ether oxygens (including phenoxy) is 1. The van der Waals surface area contributed by atoms with Gasteiger partial charge < -0.3 is 14.5 Å². The summed E-state index contributed by atoms with van der Waals surface area (Å²) in [7, 11) is 0. The maximum Gasteiger partial charge on any atom is 0.264 e. The van der Waals surface area contributed by atoms with Gasteiger partial charge >= 0.3 is 0 Å². The Balaban J connectivity index is 1.99. The molecule has 1 atom stereocenters. The Kier molecular flexibility index (Phi) is 5.81. The zero-order valence-electron chi connectivity index (χ0n) is 17.7. The average Bonchev–Trinajstić information content (AvgIpc) is 2.66. The summed E-state index contributed by atoms with van der Waals surface area (Å²) in [4.78, 5) is 16.9. The Morgan fingerprint density at radius 1 is 1.36 bits per heavy atom. The molecule has 1 saturated heterocycles. The third-order valence-electron chi connectivity index (χ3n) is 6.04. The Hall–Kier alpha value is -2.32. The van der Waals surface area contributed by atoms with E-state index in [1.165, 1.54) is 11.3 Å². The maximum atomic E-state index is 12.8. The second kappa shape index (κ2) is 7.97. The van der Waals surface area contributed by atoms with E-state index in [9.17, 15) is 10.1 Å². The molecule has 0 aliphatic carbocycles. The van der Waals surface area contributed by atoms with Crippen molar-refractivity contribution in [2.75, 3.05) is 37.7 Å². The summed E-state index contributed by atoms with van der Waals surface area (Å²) in [5.74, 6) is 0.230. The highest BCUT2D eigenvalue weighted by Gasteiger charge is 2.35. The molecule has 0 aromatic heterocycles. The van der Waals surface area contributed by atoms with Crippen LogP contribution in [0.2, 0.25) is 0 Å². The number of rotatable bonds is 3. The van der Waals surface area contributed by atoms with Crippen molar-refractivity contribution in [3.63, 3.8) is 0 Å². The van der Waals surface area contributed by atoms with Crippen molar-refractivity contribution in [2.24, 2.45) is 0 Å². The first kappa shape index (κ1) is 20.4. The highest BCUT2D eigenvalue weighted by atomic mass is 16.5. The van der Waals surface area contributed by atoms with Crippen molar-refractivity contribution < 1.29 is 9.53 Å². The van der Waals surface area contributed by atoms with Gasteiger partial charge in [-0.1, -0.05) is 6.92 Å². The van der Waals surface area contributed by atoms with Gasteiger partial charge in [0.25, 0.3) is 5.91 Å². The summed E-state index contributed by atoms with van der Waals surface area (Å²) in [6.45, 7) is 14.2. The first-order valence-corrected chi connectivity index (χ1v) is 10.2. The highest BCUT2D eigenvalue weighted by Crippen LogP contribution is 2.44. The molecule has 5 nitrogen and oxygen atoms in total. The number of nitrogens with zero attached hydrogens (tertiary/aromatic N) is 3. The second-order valence-corrected chi connectivity index (χ2v) is 8.50. The molecule has 0 N–H and O–H groups in total. The van der Waals surface area contributed by atoms with Crippen LogP contribution in [0.3, 0.4) is 0 Å². The van der Waals surface area contributed by atoms with Crippen molar-refractivity contribution in [3.8, 4) is 6.07 Å². The molecule has 1 amide bonds. The fourth-order valence-corrected chi connectivity index (χ4v) is 4.64. The molecule has 0 radical (unpaired) electrons. The van der Waals surface area contributed by atoms with E-state index < -0.39 is 0 Å². The van der Waals surface area contributed by atoms with E-state index in [-0.39, 0.29) is 17.0 Å². The van der Waals surface area contributed by atoms with E-state index in [0.717, 1.165) is 24.1 Å². The molecular formula is C23H31N3O2. The minimum atomic E-state index is -0.202. The van der Waals surface area contributed by atoms with E-state index in [0.29, 0.717) is 32.2 Å². The predicted octanol–water partition coefficient (Wildman–Crippen LogP) is 3.87. The van der Waals surface area contributed by atoms with Gasteiger partial charge in [0.05, 0.1) is 13.2 Å². The number of anilines is 1. The Morgan fingerprint density at radius 2 is 2.04 bits per heavy atom. The van der Waals surface area contributed by atoms with E-state index in [4.69, 9.17) is 4.74 Å². The van der Waals surface area contributed by atoms with Crippen molar-refractivity contribution >= 4 is 17.7 Å². The lowest BCUT2D eigenvalue weighted by Gasteiger charge is -2.47. The van der Waals surface area contributed by atoms with Gasteiger partial charge in [0.1, 0.15) is 11.6 Å². The molecule has 3 rings (SSSR count). The Morgan fingerprint density at radius 3 is 2.64 bits per heavy atom. The zero-order valence-corrected chi connectivity index (χ0v) is 17.7. The van der Waals surface area contributed by atoms with Gasteiger partial charge in [-0.25, -0.2) is 0 Å². The van der Waals surface area contributed by atoms with Gasteiger partial charge in [-0.05, 0) is 74.9 Å². The summed E-state index contributed by atoms with van der Waals surface area (Å²) >= 11 is 0. The van der Waals surface area contributed by atoms with Crippen LogP contribution in [0.1, 0.15) is 56.7 Å². The number of hydrogen-bond acceptors (Lipinski definition) is 4. The van der Waals surface area contributed by atoms with Crippen LogP contribution >= 0.6 is 0 Å². The fourth-order valence-electron chi connectivity index (χ4n) is 4.64. The van der Waals surface area contributed by atoms with Crippen molar-refractivity contribution in [2.45, 2.75) is 52.5 Å². The van der Waals surface area contributed by atoms with Crippen molar-refractivity contribution in [1.29, 1.82) is 5.26 Å². The molecule has 2 aliphatic heterocycles. The Bertz CT molecular complexity index is 829. The third-order valence-corrected chi connectivity index (χ3v) is 6.04. The fraction of sp³-hybridized carbons (Fsp3) is 0.565. The summed E-state index contributed by atoms with van der Waals surface area (Å²) in [5.41, 5.74) is 4.94. The van der Waals surface area contributed by atoms with Crippen LogP contribution in [0.4, 0.5) is 5.69 Å². The largest absolute Gasteiger partial charge is 0.378 e. The number of carbonyl (C=O) groups excluding carboxylic acids is 1. The minimum absolute atomic E-state index is 0.120. The molecule has 1 aromatic rings. The lowest BCUT2D eigenvalue weighted by molar-refractivity contribution is -0.130. The molecule has 0 spiro atoms. The average molecular weight is 382 g/mol. The molecule has 2 heterocycles. The summed E-state index contributed by atoms with van der Waals surface area (Å²) < 4.78 is 5.31. The molecule has 5 heteroatoms. The topological polar surface area (TPSA) is 56.6 Å². The lowest BCUT2D eigenvalue weighted by Crippen LogP contribution is -2.48. The second-order valence-electron chi connectivity index (χ2n) is 8.50. The maximum absolute atomic E-state index is 12.8. The number of carbonyl (C=O) groups is 1. The predicted molar refractivity (Wildman–Crippen MR) is 112 cm³/mol. The van der Waals surface area contributed by atoms with Gasteiger partial charge in [-0.2, -0.15) is 5.26 Å². The SMILES string of the molecule is CCN1c2cc(C)c(/C=C(/C#N)C(=O)N3CCOCC3)cc2C(C)CC1(C)C. The van der Waals surface area contributed by atoms with Gasteiger partial charge in [0.15, 0.2) is 0 Å². The number of fused-ring (bicyclic) bond motifs is 1. The zero-order chi connectivity index (χ0) is 20.5. The van der Waals surface area contributed by atoms with Crippen LogP contribution in [0, 0.1) is 18.3 Å². The first-order chi connectivity index (χ1) is 13.3. The molecular weight excluding hydrogens is 350 g/mol. The molecule has 1 unspecified atom stereocenters. The van der Waals surface area contributed by atoms with Crippen LogP contribution in [-0.2, 0) is 9.53 Å². The first-order valence-electron chi connectivity index (χ1n) is 10.2. The number of nitriles is 1. The van der Waals surface area contributed by atoms with Crippen LogP contribution < -0.4 is 4.90 Å². The van der Waals surface area contributed by atoms with Gasteiger partial charge in [-0.15, -0.1) is 0 Å². The van der Waals surface area contributed by atoms with Gasteiger partial charge in [-0.3, -0.25) is 4.79 Å². The molecule has 150 valence electrons. The molecule has 1 aromatic carbocycles. The van der Waals surface area contributed by atoms with E-state index in [1.807, 2.05) is 0 Å². The molecule has 2 aliphatic rings. The van der Waals surface area contributed by atoms with Gasteiger partial charge in [0.2, 0.25) is 0 Å². The number of hydrogen-bond donors (Lipinski definition) is 0. The van der Waals surface area contributed by atoms with Crippen LogP contribution in [0.25, 0.3) is 6.08 Å². The third kappa shape index (κ3) is 3.79. The molecule has 28 heavy (non-hydrogen) atoms. The molecule has 0 bridgehead atoms. The quantitative estimate of drug-likeness (QED) is 0.589. The van der Waals surface area contributed by atoms with Crippen LogP contribution in [-0.4, -0.2) is 49.2 Å². The smallest absolute Gasteiger partial charge is 0.264 e. The number of morpholine rings is 1. The normalized spacial score (nSPS) is 21.9. The summed E-state index contributed by atoms with van der Waals surface area (Å²) in [6, 6.07) is 6.51. The van der Waals surface area contributed by atoms with Crippen molar-refractivity contribution in [1.82, 2.24) is 4.90 Å². The minimum Gasteiger partial charge on any atom is -0.378 e. The summed E-state index contributed by atoms with van der Waals surface area (Å²) in [6.07, 6.45) is 2.84. The van der Waals surface area contributed by atoms with E-state index in [1.54, 1.807) is 11.0 Å². The van der Waals surface area contributed by atoms with E-state index in [2.05, 4.69) is 57.7 Å². The lowest BCUT2D eigenvalue weighted by atomic mass is 9.79. The molecule has 0 saturated carbocycles.